The molecule has 0 saturated heterocycles. The van der Waals surface area contributed by atoms with Crippen LogP contribution in [-0.2, 0) is 14.3 Å². The molecule has 1 atom stereocenters. The fraction of sp³-hybridized carbons (Fsp3) is 0.571. The summed E-state index contributed by atoms with van der Waals surface area (Å²) in [6, 6.07) is 5.53. The third-order valence-corrected chi connectivity index (χ3v) is 7.28. The first-order valence-corrected chi connectivity index (χ1v) is 12.4. The van der Waals surface area contributed by atoms with Crippen LogP contribution in [0.3, 0.4) is 0 Å². The minimum absolute atomic E-state index is 0.0564. The molecular formula is C28H37NO5. The predicted octanol–water partition coefficient (Wildman–Crippen LogP) is 5.57. The summed E-state index contributed by atoms with van der Waals surface area (Å²) in [6.07, 6.45) is 7.37. The summed E-state index contributed by atoms with van der Waals surface area (Å²) in [4.78, 5) is 27.3. The van der Waals surface area contributed by atoms with E-state index in [0.29, 0.717) is 29.1 Å². The fourth-order valence-corrected chi connectivity index (χ4v) is 5.66. The maximum Gasteiger partial charge on any atom is 0.337 e. The van der Waals surface area contributed by atoms with Crippen molar-refractivity contribution in [1.82, 2.24) is 5.32 Å². The molecule has 1 aliphatic heterocycles. The Hall–Kier alpha value is -2.76. The van der Waals surface area contributed by atoms with Gasteiger partial charge in [-0.15, -0.1) is 0 Å². The van der Waals surface area contributed by atoms with E-state index >= 15 is 0 Å². The number of esters is 1. The minimum atomic E-state index is -0.567. The predicted molar refractivity (Wildman–Crippen MR) is 131 cm³/mol. The molecule has 6 heteroatoms. The summed E-state index contributed by atoms with van der Waals surface area (Å²) < 4.78 is 17.3. The number of Topliss-reactive ketones (excluding diaryl/α,β-unsaturated/α-hetero) is 1. The highest BCUT2D eigenvalue weighted by atomic mass is 16.5. The van der Waals surface area contributed by atoms with Crippen LogP contribution in [0.1, 0.15) is 83.6 Å². The molecule has 1 N–H and O–H groups in total. The Kier molecular flexibility index (Phi) is 7.06. The summed E-state index contributed by atoms with van der Waals surface area (Å²) in [5, 5.41) is 3.42. The largest absolute Gasteiger partial charge is 0.497 e. The van der Waals surface area contributed by atoms with Gasteiger partial charge < -0.3 is 19.5 Å². The molecule has 0 aromatic heterocycles. The van der Waals surface area contributed by atoms with Crippen molar-refractivity contribution < 1.29 is 23.8 Å². The lowest BCUT2D eigenvalue weighted by Crippen LogP contribution is -2.39. The fourth-order valence-electron chi connectivity index (χ4n) is 5.66. The van der Waals surface area contributed by atoms with Crippen LogP contribution in [-0.4, -0.2) is 32.1 Å². The molecule has 1 saturated carbocycles. The molecule has 1 aromatic rings. The van der Waals surface area contributed by atoms with Crippen molar-refractivity contribution in [2.24, 2.45) is 5.41 Å². The van der Waals surface area contributed by atoms with Crippen LogP contribution in [0.15, 0.2) is 40.7 Å². The Morgan fingerprint density at radius 1 is 1.03 bits per heavy atom. The Morgan fingerprint density at radius 3 is 2.38 bits per heavy atom. The molecular weight excluding hydrogens is 430 g/mol. The van der Waals surface area contributed by atoms with Crippen LogP contribution in [0.2, 0.25) is 0 Å². The number of methoxy groups -OCH3 is 2. The summed E-state index contributed by atoms with van der Waals surface area (Å²) in [5.74, 6) is 0.402. The number of nitrogens with one attached hydrogen (secondary N) is 1. The van der Waals surface area contributed by atoms with Gasteiger partial charge in [-0.2, -0.15) is 0 Å². The molecule has 6 nitrogen and oxygen atoms in total. The SMILES string of the molecule is COc1ccc(OC)c([C@@H]2C(C(=O)OC3CCCCCC3)=C(C)NC3=C2C(=O)CC(C)(C)C3)c1. The highest BCUT2D eigenvalue weighted by Gasteiger charge is 2.44. The van der Waals surface area contributed by atoms with Gasteiger partial charge in [-0.05, 0) is 62.6 Å². The van der Waals surface area contributed by atoms with E-state index in [4.69, 9.17) is 14.2 Å². The molecule has 0 unspecified atom stereocenters. The lowest BCUT2D eigenvalue weighted by molar-refractivity contribution is -0.145. The first-order chi connectivity index (χ1) is 16.2. The van der Waals surface area contributed by atoms with Gasteiger partial charge in [0.15, 0.2) is 5.78 Å². The molecule has 34 heavy (non-hydrogen) atoms. The quantitative estimate of drug-likeness (QED) is 0.451. The zero-order valence-electron chi connectivity index (χ0n) is 21.1. The van der Waals surface area contributed by atoms with Crippen molar-refractivity contribution in [3.63, 3.8) is 0 Å². The van der Waals surface area contributed by atoms with Gasteiger partial charge in [0.1, 0.15) is 17.6 Å². The molecule has 3 aliphatic rings. The van der Waals surface area contributed by atoms with Crippen LogP contribution < -0.4 is 14.8 Å². The number of carbonyl (C=O) groups is 2. The summed E-state index contributed by atoms with van der Waals surface area (Å²) in [5.41, 5.74) is 3.35. The number of carbonyl (C=O) groups excluding carboxylic acids is 2. The van der Waals surface area contributed by atoms with E-state index in [1.165, 1.54) is 12.8 Å². The van der Waals surface area contributed by atoms with Crippen LogP contribution >= 0.6 is 0 Å². The first kappa shape index (κ1) is 24.4. The number of ether oxygens (including phenoxy) is 3. The van der Waals surface area contributed by atoms with Gasteiger partial charge >= 0.3 is 5.97 Å². The molecule has 1 fully saturated rings. The molecule has 2 aliphatic carbocycles. The maximum atomic E-state index is 13.7. The monoisotopic (exact) mass is 467 g/mol. The van der Waals surface area contributed by atoms with E-state index in [1.54, 1.807) is 14.2 Å². The van der Waals surface area contributed by atoms with Gasteiger partial charge in [0, 0.05) is 29.0 Å². The van der Waals surface area contributed by atoms with E-state index in [2.05, 4.69) is 19.2 Å². The lowest BCUT2D eigenvalue weighted by Gasteiger charge is -2.40. The van der Waals surface area contributed by atoms with Crippen molar-refractivity contribution in [2.45, 2.75) is 84.2 Å². The number of rotatable bonds is 5. The Balaban J connectivity index is 1.82. The van der Waals surface area contributed by atoms with E-state index in [0.717, 1.165) is 49.1 Å². The second-order valence-electron chi connectivity index (χ2n) is 10.6. The second kappa shape index (κ2) is 9.85. The number of dihydropyridines is 1. The molecule has 0 amide bonds. The minimum Gasteiger partial charge on any atom is -0.497 e. The van der Waals surface area contributed by atoms with E-state index in [-0.39, 0.29) is 23.3 Å². The number of benzene rings is 1. The van der Waals surface area contributed by atoms with Crippen molar-refractivity contribution in [3.8, 4) is 11.5 Å². The maximum absolute atomic E-state index is 13.7. The number of ketones is 1. The van der Waals surface area contributed by atoms with Crippen molar-refractivity contribution in [1.29, 1.82) is 0 Å². The molecule has 1 aromatic carbocycles. The van der Waals surface area contributed by atoms with Crippen molar-refractivity contribution >= 4 is 11.8 Å². The van der Waals surface area contributed by atoms with Crippen LogP contribution in [0.25, 0.3) is 0 Å². The smallest absolute Gasteiger partial charge is 0.337 e. The highest BCUT2D eigenvalue weighted by molar-refractivity contribution is 6.04. The van der Waals surface area contributed by atoms with Gasteiger partial charge in [0.05, 0.1) is 25.7 Å². The Bertz CT molecular complexity index is 1030. The molecule has 0 radical (unpaired) electrons. The normalized spacial score (nSPS) is 23.1. The van der Waals surface area contributed by atoms with Crippen LogP contribution in [0.4, 0.5) is 0 Å². The molecule has 0 bridgehead atoms. The zero-order valence-corrected chi connectivity index (χ0v) is 21.1. The van der Waals surface area contributed by atoms with E-state index in [1.807, 2.05) is 25.1 Å². The third-order valence-electron chi connectivity index (χ3n) is 7.28. The summed E-state index contributed by atoms with van der Waals surface area (Å²) >= 11 is 0. The molecule has 1 heterocycles. The first-order valence-electron chi connectivity index (χ1n) is 12.4. The van der Waals surface area contributed by atoms with Crippen LogP contribution in [0.5, 0.6) is 11.5 Å². The number of hydrogen-bond donors (Lipinski definition) is 1. The van der Waals surface area contributed by atoms with Gasteiger partial charge in [0.25, 0.3) is 0 Å². The average Bonchev–Trinajstić information content (AvgIpc) is 3.05. The molecule has 0 spiro atoms. The number of allylic oxidation sites excluding steroid dienone is 3. The average molecular weight is 468 g/mol. The van der Waals surface area contributed by atoms with Gasteiger partial charge in [-0.3, -0.25) is 4.79 Å². The Morgan fingerprint density at radius 2 is 1.74 bits per heavy atom. The zero-order chi connectivity index (χ0) is 24.5. The lowest BCUT2D eigenvalue weighted by atomic mass is 9.68. The molecule has 184 valence electrons. The number of hydrogen-bond acceptors (Lipinski definition) is 6. The van der Waals surface area contributed by atoms with Crippen molar-refractivity contribution in [2.75, 3.05) is 14.2 Å². The molecule has 4 rings (SSSR count). The van der Waals surface area contributed by atoms with E-state index in [9.17, 15) is 9.59 Å². The second-order valence-corrected chi connectivity index (χ2v) is 10.6. The van der Waals surface area contributed by atoms with Crippen molar-refractivity contribution in [3.05, 3.63) is 46.3 Å². The highest BCUT2D eigenvalue weighted by Crippen LogP contribution is 2.49. The van der Waals surface area contributed by atoms with Gasteiger partial charge in [0.2, 0.25) is 0 Å². The third kappa shape index (κ3) is 4.86. The Labute approximate surface area is 202 Å². The van der Waals surface area contributed by atoms with Crippen LogP contribution in [0, 0.1) is 5.41 Å². The van der Waals surface area contributed by atoms with Gasteiger partial charge in [-0.25, -0.2) is 4.79 Å². The van der Waals surface area contributed by atoms with Gasteiger partial charge in [-0.1, -0.05) is 26.7 Å². The standard InChI is InChI=1S/C28H37NO5/c1-17-24(27(31)34-18-10-8-6-7-9-11-18)25(20-14-19(32-4)12-13-23(20)33-5)26-21(29-17)15-28(2,3)16-22(26)30/h12-14,18,25,29H,6-11,15-16H2,1-5H3/t25-/m1/s1. The topological polar surface area (TPSA) is 73.9 Å². The summed E-state index contributed by atoms with van der Waals surface area (Å²) in [7, 11) is 3.21. The van der Waals surface area contributed by atoms with E-state index < -0.39 is 5.92 Å². The summed E-state index contributed by atoms with van der Waals surface area (Å²) in [6.45, 7) is 6.11.